The van der Waals surface area contributed by atoms with Gasteiger partial charge in [-0.25, -0.2) is 10.3 Å². The number of hydrogen-bond donors (Lipinski definition) is 1. The van der Waals surface area contributed by atoms with E-state index in [2.05, 4.69) is 4.84 Å². The van der Waals surface area contributed by atoms with Gasteiger partial charge in [0.05, 0.1) is 13.2 Å². The quantitative estimate of drug-likeness (QED) is 0.720. The number of benzene rings is 1. The number of halogens is 1. The van der Waals surface area contributed by atoms with Gasteiger partial charge in [-0.2, -0.15) is 0 Å². The molecule has 0 bridgehead atoms. The Balaban J connectivity index is 2.79. The molecule has 0 fully saturated rings. The SMILES string of the molecule is COCc1ccc(CON)c(F)c1. The summed E-state index contributed by atoms with van der Waals surface area (Å²) in [6, 6.07) is 4.83. The number of methoxy groups -OCH3 is 1. The van der Waals surface area contributed by atoms with Crippen molar-refractivity contribution >= 4 is 0 Å². The highest BCUT2D eigenvalue weighted by atomic mass is 19.1. The van der Waals surface area contributed by atoms with Crippen LogP contribution in [-0.4, -0.2) is 7.11 Å². The molecule has 0 saturated heterocycles. The molecule has 72 valence electrons. The van der Waals surface area contributed by atoms with Crippen LogP contribution < -0.4 is 5.90 Å². The number of nitrogens with two attached hydrogens (primary N) is 1. The van der Waals surface area contributed by atoms with Crippen molar-refractivity contribution in [1.82, 2.24) is 0 Å². The van der Waals surface area contributed by atoms with Gasteiger partial charge in [-0.1, -0.05) is 12.1 Å². The molecule has 0 atom stereocenters. The van der Waals surface area contributed by atoms with E-state index in [-0.39, 0.29) is 12.4 Å². The van der Waals surface area contributed by atoms with Crippen molar-refractivity contribution in [2.45, 2.75) is 13.2 Å². The maximum absolute atomic E-state index is 13.2. The summed E-state index contributed by atoms with van der Waals surface area (Å²) in [4.78, 5) is 4.34. The van der Waals surface area contributed by atoms with Crippen LogP contribution in [0.3, 0.4) is 0 Å². The molecule has 3 nitrogen and oxygen atoms in total. The smallest absolute Gasteiger partial charge is 0.129 e. The predicted octanol–water partition coefficient (Wildman–Crippen LogP) is 1.36. The summed E-state index contributed by atoms with van der Waals surface area (Å²) < 4.78 is 18.0. The highest BCUT2D eigenvalue weighted by Crippen LogP contribution is 2.11. The largest absolute Gasteiger partial charge is 0.380 e. The summed E-state index contributed by atoms with van der Waals surface area (Å²) in [7, 11) is 1.56. The van der Waals surface area contributed by atoms with Gasteiger partial charge in [-0.15, -0.1) is 0 Å². The summed E-state index contributed by atoms with van der Waals surface area (Å²) in [5.74, 6) is 4.52. The lowest BCUT2D eigenvalue weighted by Gasteiger charge is -2.04. The molecular weight excluding hydrogens is 173 g/mol. The lowest BCUT2D eigenvalue weighted by molar-refractivity contribution is 0.121. The van der Waals surface area contributed by atoms with Crippen LogP contribution >= 0.6 is 0 Å². The minimum Gasteiger partial charge on any atom is -0.380 e. The molecule has 0 aliphatic rings. The number of hydrogen-bond acceptors (Lipinski definition) is 3. The number of ether oxygens (including phenoxy) is 1. The third-order valence-electron chi connectivity index (χ3n) is 1.67. The summed E-state index contributed by atoms with van der Waals surface area (Å²) in [5.41, 5.74) is 1.24. The van der Waals surface area contributed by atoms with Gasteiger partial charge in [0.1, 0.15) is 5.82 Å². The minimum atomic E-state index is -0.319. The van der Waals surface area contributed by atoms with Crippen molar-refractivity contribution in [3.63, 3.8) is 0 Å². The predicted molar refractivity (Wildman–Crippen MR) is 46.1 cm³/mol. The van der Waals surface area contributed by atoms with E-state index in [1.165, 1.54) is 6.07 Å². The normalized spacial score (nSPS) is 10.4. The fourth-order valence-corrected chi connectivity index (χ4v) is 1.05. The average molecular weight is 185 g/mol. The van der Waals surface area contributed by atoms with E-state index >= 15 is 0 Å². The van der Waals surface area contributed by atoms with Gasteiger partial charge in [-0.3, -0.25) is 4.84 Å². The summed E-state index contributed by atoms with van der Waals surface area (Å²) in [6.07, 6.45) is 0. The second-order valence-electron chi connectivity index (χ2n) is 2.67. The van der Waals surface area contributed by atoms with Gasteiger partial charge in [0.2, 0.25) is 0 Å². The van der Waals surface area contributed by atoms with Gasteiger partial charge >= 0.3 is 0 Å². The Hall–Kier alpha value is -0.970. The molecule has 0 amide bonds. The Kier molecular flexibility index (Phi) is 3.82. The topological polar surface area (TPSA) is 44.5 Å². The Labute approximate surface area is 76.2 Å². The standard InChI is InChI=1S/C9H12FNO2/c1-12-5-7-2-3-8(6-13-11)9(10)4-7/h2-4H,5-6,11H2,1H3. The first-order valence-electron chi connectivity index (χ1n) is 3.86. The van der Waals surface area contributed by atoms with Gasteiger partial charge in [0.15, 0.2) is 0 Å². The Morgan fingerprint density at radius 3 is 2.69 bits per heavy atom. The zero-order chi connectivity index (χ0) is 9.68. The first-order valence-corrected chi connectivity index (χ1v) is 3.86. The first kappa shape index (κ1) is 10.1. The van der Waals surface area contributed by atoms with E-state index in [4.69, 9.17) is 10.6 Å². The van der Waals surface area contributed by atoms with Crippen LogP contribution in [0.25, 0.3) is 0 Å². The maximum atomic E-state index is 13.2. The van der Waals surface area contributed by atoms with Gasteiger partial charge in [-0.05, 0) is 11.6 Å². The average Bonchev–Trinajstić information content (AvgIpc) is 2.10. The second kappa shape index (κ2) is 4.91. The molecule has 0 saturated carbocycles. The third kappa shape index (κ3) is 2.77. The molecule has 0 aliphatic carbocycles. The molecule has 1 rings (SSSR count). The van der Waals surface area contributed by atoms with Crippen LogP contribution in [0.2, 0.25) is 0 Å². The van der Waals surface area contributed by atoms with E-state index < -0.39 is 0 Å². The van der Waals surface area contributed by atoms with Crippen LogP contribution in [-0.2, 0) is 22.8 Å². The summed E-state index contributed by atoms with van der Waals surface area (Å²) >= 11 is 0. The molecule has 0 aromatic heterocycles. The summed E-state index contributed by atoms with van der Waals surface area (Å²) in [5, 5.41) is 0. The van der Waals surface area contributed by atoms with Crippen molar-refractivity contribution in [2.75, 3.05) is 7.11 Å². The van der Waals surface area contributed by atoms with Crippen molar-refractivity contribution in [2.24, 2.45) is 5.90 Å². The van der Waals surface area contributed by atoms with Crippen LogP contribution in [0, 0.1) is 5.82 Å². The fourth-order valence-electron chi connectivity index (χ4n) is 1.05. The zero-order valence-corrected chi connectivity index (χ0v) is 7.42. The summed E-state index contributed by atoms with van der Waals surface area (Å²) in [6.45, 7) is 0.486. The minimum absolute atomic E-state index is 0.0824. The Bertz CT molecular complexity index is 278. The molecule has 0 radical (unpaired) electrons. The molecule has 0 spiro atoms. The molecule has 0 unspecified atom stereocenters. The molecule has 0 heterocycles. The second-order valence-corrected chi connectivity index (χ2v) is 2.67. The van der Waals surface area contributed by atoms with Crippen molar-refractivity contribution in [1.29, 1.82) is 0 Å². The molecular formula is C9H12FNO2. The highest BCUT2D eigenvalue weighted by molar-refractivity contribution is 5.23. The van der Waals surface area contributed by atoms with Crippen LogP contribution in [0.5, 0.6) is 0 Å². The zero-order valence-electron chi connectivity index (χ0n) is 7.42. The Morgan fingerprint density at radius 1 is 1.38 bits per heavy atom. The van der Waals surface area contributed by atoms with E-state index in [0.717, 1.165) is 5.56 Å². The third-order valence-corrected chi connectivity index (χ3v) is 1.67. The van der Waals surface area contributed by atoms with Crippen molar-refractivity contribution in [3.05, 3.63) is 35.1 Å². The highest BCUT2D eigenvalue weighted by Gasteiger charge is 2.02. The molecule has 2 N–H and O–H groups in total. The van der Waals surface area contributed by atoms with E-state index in [1.54, 1.807) is 19.2 Å². The maximum Gasteiger partial charge on any atom is 0.129 e. The molecule has 0 aliphatic heterocycles. The lowest BCUT2D eigenvalue weighted by Crippen LogP contribution is -2.01. The van der Waals surface area contributed by atoms with Crippen LogP contribution in [0.15, 0.2) is 18.2 Å². The van der Waals surface area contributed by atoms with Crippen molar-refractivity contribution < 1.29 is 14.0 Å². The molecule has 1 aromatic carbocycles. The van der Waals surface area contributed by atoms with Crippen LogP contribution in [0.4, 0.5) is 4.39 Å². The van der Waals surface area contributed by atoms with Gasteiger partial charge in [0.25, 0.3) is 0 Å². The molecule has 13 heavy (non-hydrogen) atoms. The monoisotopic (exact) mass is 185 g/mol. The fraction of sp³-hybridized carbons (Fsp3) is 0.333. The van der Waals surface area contributed by atoms with Crippen LogP contribution in [0.1, 0.15) is 11.1 Å². The van der Waals surface area contributed by atoms with Crippen molar-refractivity contribution in [3.8, 4) is 0 Å². The Morgan fingerprint density at radius 2 is 2.15 bits per heavy atom. The first-order chi connectivity index (χ1) is 6.27. The van der Waals surface area contributed by atoms with E-state index in [0.29, 0.717) is 12.2 Å². The van der Waals surface area contributed by atoms with Gasteiger partial charge in [0, 0.05) is 12.7 Å². The molecule has 4 heteroatoms. The number of rotatable bonds is 4. The van der Waals surface area contributed by atoms with Gasteiger partial charge < -0.3 is 4.74 Å². The van der Waals surface area contributed by atoms with E-state index in [9.17, 15) is 4.39 Å². The molecule has 1 aromatic rings. The van der Waals surface area contributed by atoms with E-state index in [1.807, 2.05) is 0 Å². The lowest BCUT2D eigenvalue weighted by atomic mass is 10.1.